The summed E-state index contributed by atoms with van der Waals surface area (Å²) in [5, 5.41) is 15.7. The maximum atomic E-state index is 12.1. The van der Waals surface area contributed by atoms with Gasteiger partial charge in [-0.2, -0.15) is 10.2 Å². The van der Waals surface area contributed by atoms with Gasteiger partial charge in [0.25, 0.3) is 11.8 Å². The first-order valence-corrected chi connectivity index (χ1v) is 8.75. The van der Waals surface area contributed by atoms with Crippen molar-refractivity contribution in [3.63, 3.8) is 0 Å². The summed E-state index contributed by atoms with van der Waals surface area (Å²) in [5.74, 6) is 1.62. The van der Waals surface area contributed by atoms with Crippen LogP contribution in [-0.4, -0.2) is 16.0 Å². The molecule has 0 bridgehead atoms. The summed E-state index contributed by atoms with van der Waals surface area (Å²) in [6.45, 7) is 0.424. The van der Waals surface area contributed by atoms with Crippen molar-refractivity contribution in [1.82, 2.24) is 15.5 Å². The highest BCUT2D eigenvalue weighted by Gasteiger charge is 2.29. The van der Waals surface area contributed by atoms with Gasteiger partial charge in [0.05, 0.1) is 23.1 Å². The van der Waals surface area contributed by atoms with Crippen LogP contribution >= 0.6 is 11.3 Å². The minimum absolute atomic E-state index is 0.173. The molecule has 1 saturated carbocycles. The number of rotatable bonds is 5. The fraction of sp³-hybridized carbons (Fsp3) is 0.222. The van der Waals surface area contributed by atoms with Crippen molar-refractivity contribution in [3.8, 4) is 16.8 Å². The van der Waals surface area contributed by atoms with Gasteiger partial charge in [0.2, 0.25) is 0 Å². The van der Waals surface area contributed by atoms with Crippen LogP contribution < -0.4 is 5.32 Å². The van der Waals surface area contributed by atoms with Crippen molar-refractivity contribution in [2.75, 3.05) is 0 Å². The molecule has 0 aliphatic heterocycles. The molecule has 0 unspecified atom stereocenters. The zero-order chi connectivity index (χ0) is 17.2. The van der Waals surface area contributed by atoms with Crippen molar-refractivity contribution < 1.29 is 9.32 Å². The quantitative estimate of drug-likeness (QED) is 0.760. The SMILES string of the molecule is N#Cc1ccc(C(=O)NCc2ccc(-c3nc(C4CC4)no3)s2)cc1. The number of thiophene rings is 1. The van der Waals surface area contributed by atoms with Crippen molar-refractivity contribution in [3.05, 3.63) is 58.2 Å². The third kappa shape index (κ3) is 3.44. The van der Waals surface area contributed by atoms with Crippen LogP contribution in [0.5, 0.6) is 0 Å². The van der Waals surface area contributed by atoms with E-state index < -0.39 is 0 Å². The van der Waals surface area contributed by atoms with E-state index in [1.54, 1.807) is 24.3 Å². The highest BCUT2D eigenvalue weighted by Crippen LogP contribution is 2.39. The van der Waals surface area contributed by atoms with E-state index >= 15 is 0 Å². The smallest absolute Gasteiger partial charge is 0.268 e. The van der Waals surface area contributed by atoms with Crippen molar-refractivity contribution in [2.45, 2.75) is 25.3 Å². The number of carbonyl (C=O) groups excluding carboxylic acids is 1. The fourth-order valence-corrected chi connectivity index (χ4v) is 3.26. The second-order valence-corrected chi connectivity index (χ2v) is 7.04. The standard InChI is InChI=1S/C18H14N4O2S/c19-9-11-1-3-13(4-2-11)17(23)20-10-14-7-8-15(25-14)18-21-16(22-24-18)12-5-6-12/h1-4,7-8,12H,5-6,10H2,(H,20,23). The Morgan fingerprint density at radius 1 is 1.28 bits per heavy atom. The summed E-state index contributed by atoms with van der Waals surface area (Å²) in [7, 11) is 0. The second kappa shape index (κ2) is 6.49. The Morgan fingerprint density at radius 2 is 2.08 bits per heavy atom. The normalized spacial score (nSPS) is 13.4. The molecule has 1 N–H and O–H groups in total. The minimum Gasteiger partial charge on any atom is -0.347 e. The first-order valence-electron chi connectivity index (χ1n) is 7.94. The third-order valence-corrected chi connectivity index (χ3v) is 5.03. The number of hydrogen-bond acceptors (Lipinski definition) is 6. The van der Waals surface area contributed by atoms with E-state index in [1.165, 1.54) is 11.3 Å². The topological polar surface area (TPSA) is 91.8 Å². The molecule has 1 aromatic carbocycles. The third-order valence-electron chi connectivity index (χ3n) is 3.96. The Balaban J connectivity index is 1.38. The number of hydrogen-bond donors (Lipinski definition) is 1. The first-order chi connectivity index (χ1) is 12.2. The zero-order valence-electron chi connectivity index (χ0n) is 13.2. The summed E-state index contributed by atoms with van der Waals surface area (Å²) >= 11 is 1.52. The number of nitrogens with zero attached hydrogens (tertiary/aromatic N) is 3. The van der Waals surface area contributed by atoms with Gasteiger partial charge in [-0.1, -0.05) is 5.16 Å². The molecule has 25 heavy (non-hydrogen) atoms. The lowest BCUT2D eigenvalue weighted by Crippen LogP contribution is -2.22. The van der Waals surface area contributed by atoms with Gasteiger partial charge < -0.3 is 9.84 Å². The van der Waals surface area contributed by atoms with Crippen LogP contribution in [0.25, 0.3) is 10.8 Å². The van der Waals surface area contributed by atoms with Gasteiger partial charge in [0.1, 0.15) is 0 Å². The van der Waals surface area contributed by atoms with Gasteiger partial charge in [-0.25, -0.2) is 0 Å². The van der Waals surface area contributed by atoms with Crippen LogP contribution in [0.3, 0.4) is 0 Å². The van der Waals surface area contributed by atoms with Crippen LogP contribution in [-0.2, 0) is 6.54 Å². The minimum atomic E-state index is -0.173. The van der Waals surface area contributed by atoms with Crippen LogP contribution in [0, 0.1) is 11.3 Å². The molecule has 2 heterocycles. The molecule has 1 aliphatic rings. The lowest BCUT2D eigenvalue weighted by atomic mass is 10.1. The van der Waals surface area contributed by atoms with E-state index in [9.17, 15) is 4.79 Å². The van der Waals surface area contributed by atoms with E-state index in [1.807, 2.05) is 18.2 Å². The molecule has 0 saturated heterocycles. The molecule has 7 heteroatoms. The summed E-state index contributed by atoms with van der Waals surface area (Å²) in [5.41, 5.74) is 1.06. The fourth-order valence-electron chi connectivity index (χ4n) is 2.40. The monoisotopic (exact) mass is 350 g/mol. The molecule has 124 valence electrons. The van der Waals surface area contributed by atoms with Crippen LogP contribution in [0.15, 0.2) is 40.9 Å². The molecule has 1 aliphatic carbocycles. The maximum Gasteiger partial charge on any atom is 0.268 e. The van der Waals surface area contributed by atoms with E-state index in [-0.39, 0.29) is 5.91 Å². The Kier molecular flexibility index (Phi) is 4.04. The van der Waals surface area contributed by atoms with Crippen LogP contribution in [0.4, 0.5) is 0 Å². The van der Waals surface area contributed by atoms with Gasteiger partial charge in [0, 0.05) is 16.4 Å². The summed E-state index contributed by atoms with van der Waals surface area (Å²) in [4.78, 5) is 18.5. The Hall–Kier alpha value is -2.98. The molecule has 6 nitrogen and oxygen atoms in total. The maximum absolute atomic E-state index is 12.1. The summed E-state index contributed by atoms with van der Waals surface area (Å²) in [6, 6.07) is 12.5. The van der Waals surface area contributed by atoms with Crippen LogP contribution in [0.2, 0.25) is 0 Å². The van der Waals surface area contributed by atoms with E-state index in [4.69, 9.17) is 9.78 Å². The Labute approximate surface area is 148 Å². The highest BCUT2D eigenvalue weighted by atomic mass is 32.1. The first kappa shape index (κ1) is 15.5. The van der Waals surface area contributed by atoms with Crippen molar-refractivity contribution in [2.24, 2.45) is 0 Å². The van der Waals surface area contributed by atoms with Gasteiger partial charge in [-0.05, 0) is 49.2 Å². The highest BCUT2D eigenvalue weighted by molar-refractivity contribution is 7.15. The van der Waals surface area contributed by atoms with Gasteiger partial charge >= 0.3 is 0 Å². The lowest BCUT2D eigenvalue weighted by Gasteiger charge is -2.03. The molecule has 2 aromatic heterocycles. The van der Waals surface area contributed by atoms with Crippen molar-refractivity contribution in [1.29, 1.82) is 5.26 Å². The number of aromatic nitrogens is 2. The number of benzene rings is 1. The number of nitrogens with one attached hydrogen (secondary N) is 1. The van der Waals surface area contributed by atoms with E-state index in [2.05, 4.69) is 15.5 Å². The summed E-state index contributed by atoms with van der Waals surface area (Å²) in [6.07, 6.45) is 2.27. The average molecular weight is 350 g/mol. The molecular weight excluding hydrogens is 336 g/mol. The van der Waals surface area contributed by atoms with Crippen LogP contribution in [0.1, 0.15) is 45.4 Å². The number of nitriles is 1. The van der Waals surface area contributed by atoms with Gasteiger partial charge in [-0.15, -0.1) is 11.3 Å². The Morgan fingerprint density at radius 3 is 2.80 bits per heavy atom. The molecule has 1 fully saturated rings. The zero-order valence-corrected chi connectivity index (χ0v) is 14.0. The van der Waals surface area contributed by atoms with Crippen molar-refractivity contribution >= 4 is 17.2 Å². The molecule has 0 spiro atoms. The summed E-state index contributed by atoms with van der Waals surface area (Å²) < 4.78 is 5.32. The second-order valence-electron chi connectivity index (χ2n) is 5.87. The molecule has 1 amide bonds. The predicted octanol–water partition coefficient (Wildman–Crippen LogP) is 3.48. The number of amides is 1. The van der Waals surface area contributed by atoms with E-state index in [0.29, 0.717) is 29.5 Å². The molecule has 0 radical (unpaired) electrons. The van der Waals surface area contributed by atoms with E-state index in [0.717, 1.165) is 28.4 Å². The van der Waals surface area contributed by atoms with Gasteiger partial charge in [0.15, 0.2) is 5.82 Å². The molecule has 0 atom stereocenters. The Bertz CT molecular complexity index is 948. The molecule has 3 aromatic rings. The molecular formula is C18H14N4O2S. The number of carbonyl (C=O) groups is 1. The largest absolute Gasteiger partial charge is 0.347 e. The lowest BCUT2D eigenvalue weighted by molar-refractivity contribution is 0.0951. The molecule has 4 rings (SSSR count). The van der Waals surface area contributed by atoms with Gasteiger partial charge in [-0.3, -0.25) is 4.79 Å². The predicted molar refractivity (Wildman–Crippen MR) is 91.9 cm³/mol. The average Bonchev–Trinajstić information content (AvgIpc) is 3.19.